The predicted octanol–water partition coefficient (Wildman–Crippen LogP) is 7.13. The normalized spacial score (nSPS) is 44.4. The van der Waals surface area contributed by atoms with Crippen molar-refractivity contribution in [2.45, 2.75) is 91.9 Å². The van der Waals surface area contributed by atoms with E-state index in [0.29, 0.717) is 17.1 Å². The van der Waals surface area contributed by atoms with E-state index in [0.717, 1.165) is 24.2 Å². The molecule has 0 aromatic rings. The summed E-state index contributed by atoms with van der Waals surface area (Å²) < 4.78 is 0. The van der Waals surface area contributed by atoms with Crippen LogP contribution in [-0.4, -0.2) is 5.78 Å². The molecule has 0 spiro atoms. The minimum Gasteiger partial charge on any atom is -0.295 e. The van der Waals surface area contributed by atoms with E-state index in [1.54, 1.807) is 5.57 Å². The fourth-order valence-electron chi connectivity index (χ4n) is 7.75. The van der Waals surface area contributed by atoms with Crippen LogP contribution in [0.3, 0.4) is 0 Å². The topological polar surface area (TPSA) is 17.1 Å². The number of carbonyl (C=O) groups is 1. The van der Waals surface area contributed by atoms with Gasteiger partial charge in [0.2, 0.25) is 0 Å². The fraction of sp³-hybridized carbons (Fsp3) is 0.808. The second-order valence-electron chi connectivity index (χ2n) is 11.0. The number of ketones is 1. The zero-order chi connectivity index (χ0) is 19.2. The molecule has 6 unspecified atom stereocenters. The Morgan fingerprint density at radius 2 is 1.89 bits per heavy atom. The van der Waals surface area contributed by atoms with Gasteiger partial charge in [0, 0.05) is 5.92 Å². The Bertz CT molecular complexity index is 641. The van der Waals surface area contributed by atoms with Crippen molar-refractivity contribution < 1.29 is 4.79 Å². The lowest BCUT2D eigenvalue weighted by Gasteiger charge is -2.56. The Kier molecular flexibility index (Phi) is 5.19. The van der Waals surface area contributed by atoms with Gasteiger partial charge in [-0.25, -0.2) is 0 Å². The van der Waals surface area contributed by atoms with E-state index in [1.165, 1.54) is 57.8 Å². The molecule has 0 radical (unpaired) electrons. The van der Waals surface area contributed by atoms with Crippen molar-refractivity contribution in [3.8, 4) is 0 Å². The Hall–Kier alpha value is -0.850. The first-order valence-corrected chi connectivity index (χ1v) is 11.8. The molecule has 6 atom stereocenters. The van der Waals surface area contributed by atoms with Gasteiger partial charge in [-0.1, -0.05) is 58.3 Å². The molecule has 0 bridgehead atoms. The van der Waals surface area contributed by atoms with Gasteiger partial charge in [-0.2, -0.15) is 0 Å². The average Bonchev–Trinajstić information content (AvgIpc) is 2.85. The van der Waals surface area contributed by atoms with Crippen LogP contribution < -0.4 is 0 Å². The van der Waals surface area contributed by atoms with Gasteiger partial charge < -0.3 is 0 Å². The van der Waals surface area contributed by atoms with Crippen LogP contribution in [0.25, 0.3) is 0 Å². The third-order valence-electron chi connectivity index (χ3n) is 9.26. The first kappa shape index (κ1) is 19.5. The van der Waals surface area contributed by atoms with Gasteiger partial charge in [-0.3, -0.25) is 4.79 Å². The van der Waals surface area contributed by atoms with Gasteiger partial charge in [0.05, 0.1) is 0 Å². The molecule has 0 N–H and O–H groups in total. The van der Waals surface area contributed by atoms with Gasteiger partial charge in [-0.15, -0.1) is 0 Å². The maximum Gasteiger partial charge on any atom is 0.159 e. The standard InChI is InChI=1S/C26H40O/c1-18(2)9-14-24(27)23-13-12-21-20-11-10-19-8-6-5-7-16-25(19,3)22(20)15-17-26(21,23)4/h9-10,14,18,20-23H,5-8,11-13,15-17H2,1-4H3/b14-9+. The summed E-state index contributed by atoms with van der Waals surface area (Å²) in [5, 5.41) is 0. The first-order valence-electron chi connectivity index (χ1n) is 11.8. The van der Waals surface area contributed by atoms with Crippen molar-refractivity contribution in [1.29, 1.82) is 0 Å². The zero-order valence-corrected chi connectivity index (χ0v) is 18.1. The van der Waals surface area contributed by atoms with Crippen molar-refractivity contribution >= 4 is 5.78 Å². The molecular weight excluding hydrogens is 328 g/mol. The van der Waals surface area contributed by atoms with E-state index in [-0.39, 0.29) is 11.3 Å². The average molecular weight is 369 g/mol. The van der Waals surface area contributed by atoms with Crippen LogP contribution in [-0.2, 0) is 4.79 Å². The van der Waals surface area contributed by atoms with Crippen molar-refractivity contribution in [1.82, 2.24) is 0 Å². The zero-order valence-electron chi connectivity index (χ0n) is 18.1. The summed E-state index contributed by atoms with van der Waals surface area (Å²) in [5.41, 5.74) is 2.50. The highest BCUT2D eigenvalue weighted by atomic mass is 16.1. The lowest BCUT2D eigenvalue weighted by molar-refractivity contribution is -0.124. The summed E-state index contributed by atoms with van der Waals surface area (Å²) in [6.07, 6.45) is 20.0. The molecule has 3 fully saturated rings. The monoisotopic (exact) mass is 368 g/mol. The second-order valence-corrected chi connectivity index (χ2v) is 11.0. The van der Waals surface area contributed by atoms with Gasteiger partial charge in [0.1, 0.15) is 0 Å². The maximum atomic E-state index is 13.0. The van der Waals surface area contributed by atoms with Crippen LogP contribution in [0.5, 0.6) is 0 Å². The highest BCUT2D eigenvalue weighted by molar-refractivity contribution is 5.92. The van der Waals surface area contributed by atoms with Crippen molar-refractivity contribution in [3.05, 3.63) is 23.8 Å². The fourth-order valence-corrected chi connectivity index (χ4v) is 7.75. The molecule has 27 heavy (non-hydrogen) atoms. The molecule has 4 rings (SSSR count). The largest absolute Gasteiger partial charge is 0.295 e. The summed E-state index contributed by atoms with van der Waals surface area (Å²) >= 11 is 0. The van der Waals surface area contributed by atoms with E-state index in [2.05, 4.69) is 39.8 Å². The van der Waals surface area contributed by atoms with Crippen LogP contribution in [0.15, 0.2) is 23.8 Å². The van der Waals surface area contributed by atoms with Crippen molar-refractivity contribution in [3.63, 3.8) is 0 Å². The van der Waals surface area contributed by atoms with Crippen LogP contribution in [0.1, 0.15) is 91.9 Å². The number of carbonyl (C=O) groups excluding carboxylic acids is 1. The summed E-state index contributed by atoms with van der Waals surface area (Å²) in [6.45, 7) is 9.40. The SMILES string of the molecule is CC(C)/C=C/C(=O)C1CCC2C3CC=C4CCCCCC4(C)C3CCC12C. The van der Waals surface area contributed by atoms with Gasteiger partial charge in [0.25, 0.3) is 0 Å². The van der Waals surface area contributed by atoms with Crippen LogP contribution in [0.2, 0.25) is 0 Å². The number of hydrogen-bond donors (Lipinski definition) is 0. The summed E-state index contributed by atoms with van der Waals surface area (Å²) in [4.78, 5) is 13.0. The van der Waals surface area contributed by atoms with Crippen LogP contribution in [0, 0.1) is 40.4 Å². The predicted molar refractivity (Wildman–Crippen MR) is 113 cm³/mol. The highest BCUT2D eigenvalue weighted by Gasteiger charge is 2.58. The molecule has 0 heterocycles. The minimum absolute atomic E-state index is 0.242. The molecule has 0 amide bonds. The van der Waals surface area contributed by atoms with E-state index >= 15 is 0 Å². The maximum absolute atomic E-state index is 13.0. The van der Waals surface area contributed by atoms with E-state index in [4.69, 9.17) is 0 Å². The van der Waals surface area contributed by atoms with Gasteiger partial charge in [-0.05, 0) is 91.9 Å². The van der Waals surface area contributed by atoms with Gasteiger partial charge in [0.15, 0.2) is 5.78 Å². The molecular formula is C26H40O. The lowest BCUT2D eigenvalue weighted by atomic mass is 9.48. The van der Waals surface area contributed by atoms with Crippen LogP contribution in [0.4, 0.5) is 0 Å². The quantitative estimate of drug-likeness (QED) is 0.382. The molecule has 0 aromatic heterocycles. The molecule has 150 valence electrons. The Balaban J connectivity index is 1.59. The smallest absolute Gasteiger partial charge is 0.159 e. The molecule has 3 saturated carbocycles. The van der Waals surface area contributed by atoms with E-state index in [1.807, 2.05) is 6.08 Å². The number of allylic oxidation sites excluding steroid dienone is 4. The Labute approximate surface area is 167 Å². The number of rotatable bonds is 3. The van der Waals surface area contributed by atoms with Gasteiger partial charge >= 0.3 is 0 Å². The van der Waals surface area contributed by atoms with E-state index in [9.17, 15) is 4.79 Å². The van der Waals surface area contributed by atoms with Crippen molar-refractivity contribution in [2.24, 2.45) is 40.4 Å². The summed E-state index contributed by atoms with van der Waals surface area (Å²) in [7, 11) is 0. The number of fused-ring (bicyclic) bond motifs is 5. The first-order chi connectivity index (χ1) is 12.9. The molecule has 4 aliphatic rings. The second kappa shape index (κ2) is 7.20. The molecule has 1 heteroatoms. The summed E-state index contributed by atoms with van der Waals surface area (Å²) in [5.74, 6) is 3.60. The molecule has 4 aliphatic carbocycles. The highest BCUT2D eigenvalue weighted by Crippen LogP contribution is 2.66. The van der Waals surface area contributed by atoms with Crippen molar-refractivity contribution in [2.75, 3.05) is 0 Å². The number of hydrogen-bond acceptors (Lipinski definition) is 1. The molecule has 1 nitrogen and oxygen atoms in total. The van der Waals surface area contributed by atoms with Crippen LogP contribution >= 0.6 is 0 Å². The molecule has 0 aromatic carbocycles. The third-order valence-corrected chi connectivity index (χ3v) is 9.26. The molecule has 0 saturated heterocycles. The third kappa shape index (κ3) is 3.18. The minimum atomic E-state index is 0.242. The summed E-state index contributed by atoms with van der Waals surface area (Å²) in [6, 6.07) is 0. The Morgan fingerprint density at radius 1 is 1.07 bits per heavy atom. The lowest BCUT2D eigenvalue weighted by Crippen LogP contribution is -2.49. The molecule has 0 aliphatic heterocycles. The van der Waals surface area contributed by atoms with E-state index < -0.39 is 0 Å². The Morgan fingerprint density at radius 3 is 2.67 bits per heavy atom.